The molecule has 0 spiro atoms. The van der Waals surface area contributed by atoms with Gasteiger partial charge in [0.2, 0.25) is 0 Å². The van der Waals surface area contributed by atoms with Crippen LogP contribution in [0.15, 0.2) is 12.3 Å². The molecule has 0 radical (unpaired) electrons. The van der Waals surface area contributed by atoms with Gasteiger partial charge in [-0.05, 0) is 30.9 Å². The van der Waals surface area contributed by atoms with Gasteiger partial charge in [0.25, 0.3) is 0 Å². The van der Waals surface area contributed by atoms with Crippen molar-refractivity contribution < 1.29 is 0 Å². The summed E-state index contributed by atoms with van der Waals surface area (Å²) in [7, 11) is 0. The minimum Gasteiger partial charge on any atom is -0.351 e. The predicted octanol–water partition coefficient (Wildman–Crippen LogP) is 1.28. The molecule has 2 nitrogen and oxygen atoms in total. The molecule has 0 atom stereocenters. The van der Waals surface area contributed by atoms with E-state index in [-0.39, 0.29) is 0 Å². The fourth-order valence-electron chi connectivity index (χ4n) is 1.82. The number of fused-ring (bicyclic) bond motifs is 1. The molecule has 60 valence electrons. The highest BCUT2D eigenvalue weighted by molar-refractivity contribution is 5.23. The molecule has 2 heterocycles. The standard InChI is InChI=1S/C9H14N2/c10-7-8-4-6-11-5-2-1-3-9(8)11/h4,6H,1-3,5,7,10H2. The Morgan fingerprint density at radius 2 is 2.36 bits per heavy atom. The first-order valence-electron chi connectivity index (χ1n) is 4.29. The quantitative estimate of drug-likeness (QED) is 0.642. The molecule has 0 bridgehead atoms. The SMILES string of the molecule is NCc1ccn2c1CCCC2. The first-order chi connectivity index (χ1) is 5.42. The van der Waals surface area contributed by atoms with Crippen molar-refractivity contribution in [3.05, 3.63) is 23.5 Å². The third-order valence-electron chi connectivity index (χ3n) is 2.46. The minimum absolute atomic E-state index is 0.697. The van der Waals surface area contributed by atoms with Gasteiger partial charge in [-0.15, -0.1) is 0 Å². The van der Waals surface area contributed by atoms with Crippen molar-refractivity contribution in [2.24, 2.45) is 5.73 Å². The molecule has 1 aromatic rings. The zero-order chi connectivity index (χ0) is 7.68. The zero-order valence-corrected chi connectivity index (χ0v) is 6.71. The summed E-state index contributed by atoms with van der Waals surface area (Å²) in [5, 5.41) is 0. The van der Waals surface area contributed by atoms with Crippen LogP contribution in [0.2, 0.25) is 0 Å². The van der Waals surface area contributed by atoms with Crippen molar-refractivity contribution in [1.29, 1.82) is 0 Å². The number of rotatable bonds is 1. The summed E-state index contributed by atoms with van der Waals surface area (Å²) in [6.45, 7) is 1.89. The second kappa shape index (κ2) is 2.70. The maximum Gasteiger partial charge on any atom is 0.0222 e. The molecule has 1 aliphatic rings. The van der Waals surface area contributed by atoms with Gasteiger partial charge in [-0.1, -0.05) is 0 Å². The zero-order valence-electron chi connectivity index (χ0n) is 6.71. The molecule has 0 amide bonds. The molecule has 2 rings (SSSR count). The Morgan fingerprint density at radius 1 is 1.45 bits per heavy atom. The van der Waals surface area contributed by atoms with Crippen LogP contribution in [0.4, 0.5) is 0 Å². The van der Waals surface area contributed by atoms with E-state index in [2.05, 4.69) is 16.8 Å². The molecule has 11 heavy (non-hydrogen) atoms. The highest BCUT2D eigenvalue weighted by Gasteiger charge is 2.11. The van der Waals surface area contributed by atoms with E-state index in [0.29, 0.717) is 6.54 Å². The van der Waals surface area contributed by atoms with Crippen LogP contribution >= 0.6 is 0 Å². The van der Waals surface area contributed by atoms with Gasteiger partial charge in [-0.2, -0.15) is 0 Å². The summed E-state index contributed by atoms with van der Waals surface area (Å²) >= 11 is 0. The maximum atomic E-state index is 5.61. The lowest BCUT2D eigenvalue weighted by atomic mass is 10.1. The molecule has 2 N–H and O–H groups in total. The molecule has 0 aliphatic carbocycles. The number of hydrogen-bond donors (Lipinski definition) is 1. The predicted molar refractivity (Wildman–Crippen MR) is 45.3 cm³/mol. The fraction of sp³-hybridized carbons (Fsp3) is 0.556. The Kier molecular flexibility index (Phi) is 1.70. The lowest BCUT2D eigenvalue weighted by Gasteiger charge is -2.15. The van der Waals surface area contributed by atoms with Crippen LogP contribution in [0.25, 0.3) is 0 Å². The van der Waals surface area contributed by atoms with Crippen molar-refractivity contribution in [3.8, 4) is 0 Å². The van der Waals surface area contributed by atoms with E-state index >= 15 is 0 Å². The Morgan fingerprint density at radius 3 is 3.18 bits per heavy atom. The van der Waals surface area contributed by atoms with Gasteiger partial charge in [-0.25, -0.2) is 0 Å². The number of nitrogens with two attached hydrogens (primary N) is 1. The van der Waals surface area contributed by atoms with Gasteiger partial charge in [0, 0.05) is 25.0 Å². The normalized spacial score (nSPS) is 16.5. The lowest BCUT2D eigenvalue weighted by Crippen LogP contribution is -2.11. The topological polar surface area (TPSA) is 30.9 Å². The van der Waals surface area contributed by atoms with Crippen molar-refractivity contribution in [2.75, 3.05) is 0 Å². The van der Waals surface area contributed by atoms with Crippen LogP contribution < -0.4 is 5.73 Å². The van der Waals surface area contributed by atoms with E-state index in [1.165, 1.54) is 37.1 Å². The van der Waals surface area contributed by atoms with Crippen LogP contribution in [0.1, 0.15) is 24.1 Å². The van der Waals surface area contributed by atoms with Crippen molar-refractivity contribution >= 4 is 0 Å². The number of hydrogen-bond acceptors (Lipinski definition) is 1. The largest absolute Gasteiger partial charge is 0.351 e. The summed E-state index contributed by atoms with van der Waals surface area (Å²) < 4.78 is 2.34. The molecule has 1 aromatic heterocycles. The highest BCUT2D eigenvalue weighted by Crippen LogP contribution is 2.19. The average molecular weight is 150 g/mol. The van der Waals surface area contributed by atoms with Gasteiger partial charge in [0.15, 0.2) is 0 Å². The molecule has 0 saturated carbocycles. The third-order valence-corrected chi connectivity index (χ3v) is 2.46. The number of aromatic nitrogens is 1. The van der Waals surface area contributed by atoms with Crippen molar-refractivity contribution in [2.45, 2.75) is 32.4 Å². The minimum atomic E-state index is 0.697. The summed E-state index contributed by atoms with van der Waals surface area (Å²) in [4.78, 5) is 0. The Hall–Kier alpha value is -0.760. The van der Waals surface area contributed by atoms with Crippen molar-refractivity contribution in [1.82, 2.24) is 4.57 Å². The first kappa shape index (κ1) is 6.92. The fourth-order valence-corrected chi connectivity index (χ4v) is 1.82. The highest BCUT2D eigenvalue weighted by atomic mass is 15.0. The monoisotopic (exact) mass is 150 g/mol. The van der Waals surface area contributed by atoms with Crippen LogP contribution in [0.3, 0.4) is 0 Å². The molecule has 0 unspecified atom stereocenters. The summed E-state index contributed by atoms with van der Waals surface area (Å²) in [5.41, 5.74) is 8.41. The smallest absolute Gasteiger partial charge is 0.0222 e. The van der Waals surface area contributed by atoms with Gasteiger partial charge in [-0.3, -0.25) is 0 Å². The van der Waals surface area contributed by atoms with E-state index in [9.17, 15) is 0 Å². The lowest BCUT2D eigenvalue weighted by molar-refractivity contribution is 0.529. The Labute approximate surface area is 67.0 Å². The molecule has 0 saturated heterocycles. The van der Waals surface area contributed by atoms with Crippen molar-refractivity contribution in [3.63, 3.8) is 0 Å². The van der Waals surface area contributed by atoms with Crippen LogP contribution in [-0.4, -0.2) is 4.57 Å². The maximum absolute atomic E-state index is 5.61. The molecular formula is C9H14N2. The average Bonchev–Trinajstić information content (AvgIpc) is 2.47. The second-order valence-corrected chi connectivity index (χ2v) is 3.14. The third kappa shape index (κ3) is 1.07. The Balaban J connectivity index is 2.38. The Bertz CT molecular complexity index is 237. The van der Waals surface area contributed by atoms with Gasteiger partial charge in [0.1, 0.15) is 0 Å². The summed E-state index contributed by atoms with van der Waals surface area (Å²) in [6.07, 6.45) is 6.04. The summed E-state index contributed by atoms with van der Waals surface area (Å²) in [5.74, 6) is 0. The summed E-state index contributed by atoms with van der Waals surface area (Å²) in [6, 6.07) is 2.15. The van der Waals surface area contributed by atoms with E-state index < -0.39 is 0 Å². The van der Waals surface area contributed by atoms with Gasteiger partial charge in [0.05, 0.1) is 0 Å². The van der Waals surface area contributed by atoms with E-state index in [1.54, 1.807) is 0 Å². The van der Waals surface area contributed by atoms with Crippen LogP contribution in [0.5, 0.6) is 0 Å². The molecule has 0 fully saturated rings. The van der Waals surface area contributed by atoms with E-state index in [1.807, 2.05) is 0 Å². The van der Waals surface area contributed by atoms with Gasteiger partial charge < -0.3 is 10.3 Å². The van der Waals surface area contributed by atoms with Gasteiger partial charge >= 0.3 is 0 Å². The second-order valence-electron chi connectivity index (χ2n) is 3.14. The molecular weight excluding hydrogens is 136 g/mol. The molecule has 0 aromatic carbocycles. The molecule has 2 heteroatoms. The van der Waals surface area contributed by atoms with Crippen LogP contribution in [-0.2, 0) is 19.5 Å². The number of nitrogens with zero attached hydrogens (tertiary/aromatic N) is 1. The van der Waals surface area contributed by atoms with E-state index in [0.717, 1.165) is 0 Å². The molecule has 1 aliphatic heterocycles. The number of aryl methyl sites for hydroxylation is 1. The van der Waals surface area contributed by atoms with E-state index in [4.69, 9.17) is 5.73 Å². The first-order valence-corrected chi connectivity index (χ1v) is 4.29. The van der Waals surface area contributed by atoms with Crippen LogP contribution in [0, 0.1) is 0 Å².